The Hall–Kier alpha value is -1.44. The Morgan fingerprint density at radius 1 is 1.45 bits per heavy atom. The second kappa shape index (κ2) is 7.21. The van der Waals surface area contributed by atoms with Gasteiger partial charge in [0, 0.05) is 11.4 Å². The van der Waals surface area contributed by atoms with Crippen LogP contribution in [0.5, 0.6) is 0 Å². The number of likely N-dealkylation sites (N-methyl/N-ethyl adjacent to an activating group) is 1. The van der Waals surface area contributed by atoms with Crippen molar-refractivity contribution in [3.63, 3.8) is 0 Å². The molecular weight excluding hydrogens is 304 g/mol. The smallest absolute Gasteiger partial charge is 0.339 e. The van der Waals surface area contributed by atoms with Crippen LogP contribution in [0.3, 0.4) is 0 Å². The van der Waals surface area contributed by atoms with Gasteiger partial charge in [0.05, 0.1) is 18.7 Å². The normalized spacial score (nSPS) is 17.4. The lowest BCUT2D eigenvalue weighted by molar-refractivity contribution is -0.117. The Balaban J connectivity index is 2.17. The molecule has 1 aliphatic rings. The number of carboxylic acids is 1. The molecule has 6 nitrogen and oxygen atoms in total. The van der Waals surface area contributed by atoms with Crippen molar-refractivity contribution in [2.75, 3.05) is 32.1 Å². The molecule has 0 saturated carbocycles. The summed E-state index contributed by atoms with van der Waals surface area (Å²) in [5.74, 6) is -0.691. The second-order valence-corrected chi connectivity index (χ2v) is 6.98. The number of carbonyl (C=O) groups is 2. The molecule has 0 bridgehead atoms. The molecule has 2 rings (SSSR count). The minimum absolute atomic E-state index is 0.0185. The summed E-state index contributed by atoms with van der Waals surface area (Å²) < 4.78 is 0. The fourth-order valence-corrected chi connectivity index (χ4v) is 4.15. The molecular formula is C15H22N2O4S. The number of nitrogens with zero attached hydrogens (tertiary/aromatic N) is 1. The van der Waals surface area contributed by atoms with Gasteiger partial charge in [-0.3, -0.25) is 9.69 Å². The predicted molar refractivity (Wildman–Crippen MR) is 85.7 cm³/mol. The highest BCUT2D eigenvalue weighted by Gasteiger charge is 2.28. The fraction of sp³-hybridized carbons (Fsp3) is 0.600. The van der Waals surface area contributed by atoms with E-state index in [-0.39, 0.29) is 24.6 Å². The van der Waals surface area contributed by atoms with Crippen molar-refractivity contribution in [1.29, 1.82) is 0 Å². The standard InChI is InChI=1S/C15H22N2O4S/c1-9-3-4-10-11(7-9)22-14(13(10)15(20)21)16-12(19)8-17(2)5-6-18/h9,18H,3-8H2,1-2H3,(H,16,19)(H,20,21). The molecule has 0 aliphatic heterocycles. The van der Waals surface area contributed by atoms with Crippen molar-refractivity contribution in [2.24, 2.45) is 5.92 Å². The Morgan fingerprint density at radius 3 is 2.82 bits per heavy atom. The molecule has 0 spiro atoms. The summed E-state index contributed by atoms with van der Waals surface area (Å²) in [7, 11) is 1.73. The Labute approximate surface area is 133 Å². The van der Waals surface area contributed by atoms with Crippen molar-refractivity contribution < 1.29 is 19.8 Å². The number of hydrogen-bond donors (Lipinski definition) is 3. The number of nitrogens with one attached hydrogen (secondary N) is 1. The van der Waals surface area contributed by atoms with Crippen LogP contribution in [0.25, 0.3) is 0 Å². The topological polar surface area (TPSA) is 89.9 Å². The molecule has 3 N–H and O–H groups in total. The third-order valence-electron chi connectivity index (χ3n) is 3.87. The number of thiophene rings is 1. The Kier molecular flexibility index (Phi) is 5.55. The lowest BCUT2D eigenvalue weighted by Gasteiger charge is -2.17. The van der Waals surface area contributed by atoms with Crippen molar-refractivity contribution in [3.05, 3.63) is 16.0 Å². The van der Waals surface area contributed by atoms with Crippen LogP contribution in [0.4, 0.5) is 5.00 Å². The van der Waals surface area contributed by atoms with Gasteiger partial charge in [-0.2, -0.15) is 0 Å². The number of fused-ring (bicyclic) bond motifs is 1. The first kappa shape index (κ1) is 16.9. The molecule has 1 aromatic heterocycles. The zero-order valence-corrected chi connectivity index (χ0v) is 13.7. The second-order valence-electron chi connectivity index (χ2n) is 5.87. The molecule has 1 amide bonds. The van der Waals surface area contributed by atoms with E-state index in [1.54, 1.807) is 11.9 Å². The number of anilines is 1. The Bertz CT molecular complexity index is 570. The average Bonchev–Trinajstić information content (AvgIpc) is 2.75. The minimum atomic E-state index is -0.980. The van der Waals surface area contributed by atoms with Gasteiger partial charge in [0.2, 0.25) is 5.91 Å². The third-order valence-corrected chi connectivity index (χ3v) is 5.04. The van der Waals surface area contributed by atoms with Crippen molar-refractivity contribution in [2.45, 2.75) is 26.2 Å². The minimum Gasteiger partial charge on any atom is -0.478 e. The Morgan fingerprint density at radius 2 is 2.18 bits per heavy atom. The molecule has 7 heteroatoms. The van der Waals surface area contributed by atoms with Gasteiger partial charge < -0.3 is 15.5 Å². The largest absolute Gasteiger partial charge is 0.478 e. The number of amides is 1. The number of hydrogen-bond acceptors (Lipinski definition) is 5. The van der Waals surface area contributed by atoms with Gasteiger partial charge in [-0.15, -0.1) is 11.3 Å². The van der Waals surface area contributed by atoms with E-state index in [1.165, 1.54) is 11.3 Å². The van der Waals surface area contributed by atoms with E-state index < -0.39 is 5.97 Å². The molecule has 1 aromatic rings. The monoisotopic (exact) mass is 326 g/mol. The third kappa shape index (κ3) is 3.85. The van der Waals surface area contributed by atoms with Crippen molar-refractivity contribution in [1.82, 2.24) is 4.90 Å². The number of aromatic carboxylic acids is 1. The molecule has 1 aliphatic carbocycles. The predicted octanol–water partition coefficient (Wildman–Crippen LogP) is 1.43. The SMILES string of the molecule is CC1CCc2c(sc(NC(=O)CN(C)CCO)c2C(=O)O)C1. The van der Waals surface area contributed by atoms with Gasteiger partial charge in [-0.05, 0) is 37.8 Å². The van der Waals surface area contributed by atoms with Gasteiger partial charge >= 0.3 is 5.97 Å². The number of carboxylic acid groups (broad SMARTS) is 1. The van der Waals surface area contributed by atoms with Crippen LogP contribution < -0.4 is 5.32 Å². The number of aliphatic hydroxyl groups excluding tert-OH is 1. The van der Waals surface area contributed by atoms with Crippen LogP contribution in [0.1, 0.15) is 34.1 Å². The summed E-state index contributed by atoms with van der Waals surface area (Å²) in [6.45, 7) is 2.66. The van der Waals surface area contributed by atoms with Crippen molar-refractivity contribution in [3.8, 4) is 0 Å². The molecule has 122 valence electrons. The summed E-state index contributed by atoms with van der Waals surface area (Å²) in [5, 5.41) is 21.5. The van der Waals surface area contributed by atoms with E-state index in [9.17, 15) is 14.7 Å². The van der Waals surface area contributed by atoms with Gasteiger partial charge in [0.1, 0.15) is 5.00 Å². The van der Waals surface area contributed by atoms with E-state index in [0.29, 0.717) is 17.5 Å². The highest BCUT2D eigenvalue weighted by atomic mass is 32.1. The molecule has 1 atom stereocenters. The molecule has 1 heterocycles. The quantitative estimate of drug-likeness (QED) is 0.736. The van der Waals surface area contributed by atoms with Gasteiger partial charge in [-0.1, -0.05) is 6.92 Å². The summed E-state index contributed by atoms with van der Waals surface area (Å²) in [4.78, 5) is 26.3. The van der Waals surface area contributed by atoms with Crippen LogP contribution in [-0.2, 0) is 17.6 Å². The molecule has 0 saturated heterocycles. The van der Waals surface area contributed by atoms with E-state index >= 15 is 0 Å². The summed E-state index contributed by atoms with van der Waals surface area (Å²) in [5.41, 5.74) is 1.14. The molecule has 0 fully saturated rings. The zero-order valence-electron chi connectivity index (χ0n) is 12.9. The molecule has 0 aromatic carbocycles. The lowest BCUT2D eigenvalue weighted by atomic mass is 9.88. The first-order valence-electron chi connectivity index (χ1n) is 7.39. The van der Waals surface area contributed by atoms with Crippen LogP contribution in [0.15, 0.2) is 0 Å². The van der Waals surface area contributed by atoms with Crippen LogP contribution >= 0.6 is 11.3 Å². The molecule has 0 radical (unpaired) electrons. The first-order valence-corrected chi connectivity index (χ1v) is 8.21. The molecule has 1 unspecified atom stereocenters. The first-order chi connectivity index (χ1) is 10.4. The lowest BCUT2D eigenvalue weighted by Crippen LogP contribution is -2.32. The highest BCUT2D eigenvalue weighted by Crippen LogP contribution is 2.39. The zero-order chi connectivity index (χ0) is 16.3. The number of aliphatic hydroxyl groups is 1. The summed E-state index contributed by atoms with van der Waals surface area (Å²) >= 11 is 1.38. The maximum Gasteiger partial charge on any atom is 0.339 e. The fourth-order valence-electron chi connectivity index (χ4n) is 2.73. The number of rotatable bonds is 6. The van der Waals surface area contributed by atoms with E-state index in [2.05, 4.69) is 12.2 Å². The maximum absolute atomic E-state index is 12.0. The van der Waals surface area contributed by atoms with E-state index in [0.717, 1.165) is 29.7 Å². The summed E-state index contributed by atoms with van der Waals surface area (Å²) in [6.07, 6.45) is 2.62. The van der Waals surface area contributed by atoms with E-state index in [4.69, 9.17) is 5.11 Å². The maximum atomic E-state index is 12.0. The van der Waals surface area contributed by atoms with Gasteiger partial charge in [0.25, 0.3) is 0 Å². The van der Waals surface area contributed by atoms with Crippen LogP contribution in [0.2, 0.25) is 0 Å². The highest BCUT2D eigenvalue weighted by molar-refractivity contribution is 7.17. The number of carbonyl (C=O) groups excluding carboxylic acids is 1. The molecule has 22 heavy (non-hydrogen) atoms. The van der Waals surface area contributed by atoms with Crippen LogP contribution in [-0.4, -0.2) is 53.7 Å². The summed E-state index contributed by atoms with van der Waals surface area (Å²) in [6, 6.07) is 0. The van der Waals surface area contributed by atoms with E-state index in [1.807, 2.05) is 0 Å². The van der Waals surface area contributed by atoms with Gasteiger partial charge in [-0.25, -0.2) is 4.79 Å². The van der Waals surface area contributed by atoms with Crippen LogP contribution in [0, 0.1) is 5.92 Å². The van der Waals surface area contributed by atoms with Gasteiger partial charge in [0.15, 0.2) is 0 Å². The van der Waals surface area contributed by atoms with Crippen molar-refractivity contribution >= 4 is 28.2 Å². The average molecular weight is 326 g/mol.